The molecular weight excluding hydrogens is 552 g/mol. The minimum atomic E-state index is -0.844. The zero-order chi connectivity index (χ0) is 29.6. The molecule has 0 bridgehead atoms. The Morgan fingerprint density at radius 1 is 0.952 bits per heavy atom. The van der Waals surface area contributed by atoms with Crippen molar-refractivity contribution >= 4 is 58.8 Å². The molecule has 4 aromatic rings. The molecule has 2 heterocycles. The second-order valence-electron chi connectivity index (χ2n) is 9.73. The number of hydrogen-bond acceptors (Lipinski definition) is 6. The van der Waals surface area contributed by atoms with Gasteiger partial charge in [-0.05, 0) is 52.3 Å². The van der Waals surface area contributed by atoms with E-state index >= 15 is 0 Å². The molecule has 3 aromatic carbocycles. The number of aromatic nitrogens is 2. The average Bonchev–Trinajstić information content (AvgIpc) is 3.44. The highest BCUT2D eigenvalue weighted by Crippen LogP contribution is 2.25. The van der Waals surface area contributed by atoms with Crippen LogP contribution < -0.4 is 15.3 Å². The first-order valence-corrected chi connectivity index (χ1v) is 13.6. The van der Waals surface area contributed by atoms with Crippen molar-refractivity contribution in [3.63, 3.8) is 0 Å². The molecule has 5 rings (SSSR count). The van der Waals surface area contributed by atoms with Crippen LogP contribution in [0, 0.1) is 0 Å². The van der Waals surface area contributed by atoms with E-state index in [1.54, 1.807) is 43.3 Å². The van der Waals surface area contributed by atoms with E-state index in [0.29, 0.717) is 16.9 Å². The smallest absolute Gasteiger partial charge is 0.307 e. The lowest BCUT2D eigenvalue weighted by Gasteiger charge is -2.21. The molecule has 212 valence electrons. The molecular formula is C31H29N6O4S+. The van der Waals surface area contributed by atoms with Crippen LogP contribution in [0.3, 0.4) is 0 Å². The van der Waals surface area contributed by atoms with Gasteiger partial charge in [-0.3, -0.25) is 29.1 Å². The molecule has 1 atom stereocenters. The number of carbonyl (C=O) groups is 3. The molecule has 1 saturated heterocycles. The van der Waals surface area contributed by atoms with Gasteiger partial charge in [0.2, 0.25) is 11.2 Å². The first-order valence-electron chi connectivity index (χ1n) is 13.2. The van der Waals surface area contributed by atoms with Gasteiger partial charge in [0.1, 0.15) is 12.6 Å². The number of aryl methyl sites for hydroxylation is 1. The predicted octanol–water partition coefficient (Wildman–Crippen LogP) is 3.88. The summed E-state index contributed by atoms with van der Waals surface area (Å²) in [6, 6.07) is 25.2. The van der Waals surface area contributed by atoms with Crippen molar-refractivity contribution in [1.29, 1.82) is 0 Å². The van der Waals surface area contributed by atoms with Gasteiger partial charge >= 0.3 is 5.88 Å². The van der Waals surface area contributed by atoms with Crippen LogP contribution in [0.2, 0.25) is 0 Å². The molecule has 1 aliphatic rings. The molecule has 1 aromatic heterocycles. The summed E-state index contributed by atoms with van der Waals surface area (Å²) in [5, 5.41) is 9.78. The fraction of sp³-hybridized carbons (Fsp3) is 0.161. The van der Waals surface area contributed by atoms with Crippen molar-refractivity contribution in [2.75, 3.05) is 17.7 Å². The highest BCUT2D eigenvalue weighted by Gasteiger charge is 2.43. The number of hydrogen-bond donors (Lipinski definition) is 2. The normalized spacial score (nSPS) is 15.0. The molecule has 1 unspecified atom stereocenters. The van der Waals surface area contributed by atoms with Crippen LogP contribution in [0.15, 0.2) is 89.5 Å². The Morgan fingerprint density at radius 3 is 2.24 bits per heavy atom. The number of amides is 3. The van der Waals surface area contributed by atoms with Gasteiger partial charge in [-0.2, -0.15) is 0 Å². The molecule has 11 heteroatoms. The van der Waals surface area contributed by atoms with E-state index in [1.807, 2.05) is 72.8 Å². The van der Waals surface area contributed by atoms with Gasteiger partial charge in [0, 0.05) is 18.3 Å². The Kier molecular flexibility index (Phi) is 8.49. The van der Waals surface area contributed by atoms with E-state index in [0.717, 1.165) is 11.1 Å². The van der Waals surface area contributed by atoms with Crippen LogP contribution in [0.25, 0.3) is 12.2 Å². The third-order valence-electron chi connectivity index (χ3n) is 6.86. The summed E-state index contributed by atoms with van der Waals surface area (Å²) in [5.74, 6) is -0.883. The monoisotopic (exact) mass is 581 g/mol. The summed E-state index contributed by atoms with van der Waals surface area (Å²) >= 11 is 5.54. The van der Waals surface area contributed by atoms with Crippen LogP contribution in [-0.4, -0.2) is 51.0 Å². The van der Waals surface area contributed by atoms with Crippen LogP contribution in [0.1, 0.15) is 33.6 Å². The second-order valence-corrected chi connectivity index (χ2v) is 10.1. The fourth-order valence-corrected chi connectivity index (χ4v) is 4.80. The molecule has 42 heavy (non-hydrogen) atoms. The number of nitrogens with zero attached hydrogens (tertiary/aromatic N) is 4. The molecule has 2 N–H and O–H groups in total. The van der Waals surface area contributed by atoms with Crippen LogP contribution in [0.5, 0.6) is 0 Å². The standard InChI is InChI=1S/C31H28N6O4S/c1-35-30(40)25(19-27(38)32-24-17-15-22(16-18-24)14-13-21-9-5-3-6-10-21)37(31(35)42)20-26-29(41-34-36(26)2)33-28(39)23-11-7-4-8-12-23/h3-18,25H,19-20H2,1-2H3,(H-,32,33,34,38,39)/p+1/b14-13+. The quantitative estimate of drug-likeness (QED) is 0.175. The largest absolute Gasteiger partial charge is 0.326 e. The van der Waals surface area contributed by atoms with Crippen LogP contribution in [-0.2, 0) is 23.2 Å². The molecule has 10 nitrogen and oxygen atoms in total. The summed E-state index contributed by atoms with van der Waals surface area (Å²) in [4.78, 5) is 41.9. The third-order valence-corrected chi connectivity index (χ3v) is 7.36. The van der Waals surface area contributed by atoms with Gasteiger partial charge in [0.15, 0.2) is 12.2 Å². The van der Waals surface area contributed by atoms with Gasteiger partial charge in [0.25, 0.3) is 17.5 Å². The number of anilines is 2. The van der Waals surface area contributed by atoms with Crippen molar-refractivity contribution in [3.8, 4) is 0 Å². The number of benzene rings is 3. The van der Waals surface area contributed by atoms with Crippen LogP contribution >= 0.6 is 12.2 Å². The summed E-state index contributed by atoms with van der Waals surface area (Å²) in [7, 11) is 3.23. The molecule has 0 saturated carbocycles. The minimum Gasteiger partial charge on any atom is -0.326 e. The molecule has 0 radical (unpaired) electrons. The maximum Gasteiger partial charge on any atom is 0.307 e. The van der Waals surface area contributed by atoms with Crippen molar-refractivity contribution in [3.05, 3.63) is 107 Å². The topological polar surface area (TPSA) is 112 Å². The maximum absolute atomic E-state index is 13.1. The number of nitrogens with one attached hydrogen (secondary N) is 2. The van der Waals surface area contributed by atoms with Gasteiger partial charge in [-0.1, -0.05) is 72.8 Å². The second kappa shape index (κ2) is 12.6. The number of likely N-dealkylation sites (N-methyl/N-ethyl adjacent to an activating group) is 1. The van der Waals surface area contributed by atoms with Crippen molar-refractivity contribution in [2.24, 2.45) is 7.05 Å². The lowest BCUT2D eigenvalue weighted by Crippen LogP contribution is -2.42. The first kappa shape index (κ1) is 28.4. The Balaban J connectivity index is 1.26. The zero-order valence-corrected chi connectivity index (χ0v) is 23.9. The third kappa shape index (κ3) is 6.42. The van der Waals surface area contributed by atoms with E-state index in [2.05, 4.69) is 15.9 Å². The predicted molar refractivity (Wildman–Crippen MR) is 162 cm³/mol. The fourth-order valence-electron chi connectivity index (χ4n) is 4.52. The maximum atomic E-state index is 13.1. The Morgan fingerprint density at radius 2 is 1.57 bits per heavy atom. The molecule has 0 spiro atoms. The van der Waals surface area contributed by atoms with E-state index < -0.39 is 6.04 Å². The minimum absolute atomic E-state index is 0.0830. The number of carbonyl (C=O) groups excluding carboxylic acids is 3. The first-order chi connectivity index (χ1) is 20.3. The number of rotatable bonds is 9. The lowest BCUT2D eigenvalue weighted by molar-refractivity contribution is -0.746. The van der Waals surface area contributed by atoms with E-state index in [4.69, 9.17) is 16.7 Å². The summed E-state index contributed by atoms with van der Waals surface area (Å²) in [6.45, 7) is 0.0830. The summed E-state index contributed by atoms with van der Waals surface area (Å²) in [5.41, 5.74) is 3.62. The lowest BCUT2D eigenvalue weighted by atomic mass is 10.1. The van der Waals surface area contributed by atoms with Gasteiger partial charge in [-0.15, -0.1) is 0 Å². The Hall–Kier alpha value is -5.16. The van der Waals surface area contributed by atoms with Gasteiger partial charge in [0.05, 0.1) is 6.42 Å². The van der Waals surface area contributed by atoms with E-state index in [9.17, 15) is 14.4 Å². The molecule has 3 amide bonds. The van der Waals surface area contributed by atoms with Gasteiger partial charge < -0.3 is 10.2 Å². The molecule has 0 aliphatic carbocycles. The van der Waals surface area contributed by atoms with Crippen molar-refractivity contribution in [2.45, 2.75) is 19.0 Å². The summed E-state index contributed by atoms with van der Waals surface area (Å²) < 4.78 is 6.82. The molecule has 1 aliphatic heterocycles. The zero-order valence-electron chi connectivity index (χ0n) is 23.1. The highest BCUT2D eigenvalue weighted by atomic mass is 32.1. The summed E-state index contributed by atoms with van der Waals surface area (Å²) in [6.07, 6.45) is 3.88. The number of thiocarbonyl (C=S) groups is 1. The average molecular weight is 582 g/mol. The van der Waals surface area contributed by atoms with Crippen LogP contribution in [0.4, 0.5) is 11.6 Å². The highest BCUT2D eigenvalue weighted by molar-refractivity contribution is 7.80. The van der Waals surface area contributed by atoms with Gasteiger partial charge in [-0.25, -0.2) is 0 Å². The SMILES string of the molecule is CN1C(=O)C(CC(=O)Nc2ccc(/C=C/c3ccccc3)cc2)N(Cc2c(NC(=O)c3ccccc3)on[n+]2C)C1=S. The van der Waals surface area contributed by atoms with Crippen molar-refractivity contribution in [1.82, 2.24) is 15.1 Å². The Bertz CT molecular complexity index is 1640. The van der Waals surface area contributed by atoms with Crippen molar-refractivity contribution < 1.29 is 23.6 Å². The Labute approximate surface area is 248 Å². The van der Waals surface area contributed by atoms with E-state index in [1.165, 1.54) is 9.58 Å². The molecule has 1 fully saturated rings. The van der Waals surface area contributed by atoms with E-state index in [-0.39, 0.29) is 41.7 Å².